The molecule has 0 aromatic heterocycles. The van der Waals surface area contributed by atoms with Crippen molar-refractivity contribution in [2.24, 2.45) is 10.9 Å². The predicted octanol–water partition coefficient (Wildman–Crippen LogP) is 4.80. The summed E-state index contributed by atoms with van der Waals surface area (Å²) in [6.45, 7) is 11.1. The monoisotopic (exact) mass is 272 g/mol. The summed E-state index contributed by atoms with van der Waals surface area (Å²) in [5, 5.41) is 8.46. The zero-order valence-electron chi connectivity index (χ0n) is 11.7. The lowest BCUT2D eigenvalue weighted by atomic mass is 9.96. The van der Waals surface area contributed by atoms with Crippen molar-refractivity contribution >= 4 is 5.71 Å². The summed E-state index contributed by atoms with van der Waals surface area (Å²) in [6.07, 6.45) is -4.95. The van der Waals surface area contributed by atoms with Gasteiger partial charge in [-0.15, -0.1) is 0 Å². The molecule has 0 aliphatic rings. The van der Waals surface area contributed by atoms with Crippen LogP contribution >= 0.6 is 0 Å². The summed E-state index contributed by atoms with van der Waals surface area (Å²) in [7, 11) is 0. The molecule has 0 fully saturated rings. The summed E-state index contributed by atoms with van der Waals surface area (Å²) in [5.41, 5.74) is 0.709. The smallest absolute Gasteiger partial charge is 0.251 e. The highest BCUT2D eigenvalue weighted by Crippen LogP contribution is 2.26. The highest BCUT2D eigenvalue weighted by molar-refractivity contribution is 5.92. The Morgan fingerprint density at radius 3 is 2.21 bits per heavy atom. The highest BCUT2D eigenvalue weighted by atomic mass is 19.4. The van der Waals surface area contributed by atoms with E-state index in [1.807, 2.05) is 13.8 Å². The van der Waals surface area contributed by atoms with Crippen LogP contribution in [0.4, 0.5) is 13.2 Å². The minimum Gasteiger partial charge on any atom is -0.251 e. The third-order valence-corrected chi connectivity index (χ3v) is 2.79. The van der Waals surface area contributed by atoms with Crippen LogP contribution < -0.4 is 0 Å². The number of nitriles is 1. The topological polar surface area (TPSA) is 36.1 Å². The van der Waals surface area contributed by atoms with Gasteiger partial charge in [-0.05, 0) is 30.4 Å². The summed E-state index contributed by atoms with van der Waals surface area (Å²) in [6, 6.07) is 1.50. The van der Waals surface area contributed by atoms with E-state index in [2.05, 4.69) is 11.6 Å². The van der Waals surface area contributed by atoms with Gasteiger partial charge in [0.15, 0.2) is 0 Å². The second-order valence-corrected chi connectivity index (χ2v) is 4.50. The quantitative estimate of drug-likeness (QED) is 0.523. The molecular formula is C14H19F3N2. The third-order valence-electron chi connectivity index (χ3n) is 2.79. The van der Waals surface area contributed by atoms with E-state index in [0.717, 1.165) is 5.57 Å². The molecule has 0 aliphatic heterocycles. The Hall–Kier alpha value is -1.57. The molecule has 0 atom stereocenters. The molecule has 0 saturated heterocycles. The molecule has 0 rings (SSSR count). The number of nitrogens with zero attached hydrogens (tertiary/aromatic N) is 2. The van der Waals surface area contributed by atoms with Crippen LogP contribution in [0.25, 0.3) is 0 Å². The van der Waals surface area contributed by atoms with Crippen LogP contribution in [-0.2, 0) is 0 Å². The third kappa shape index (κ3) is 5.29. The molecule has 106 valence electrons. The van der Waals surface area contributed by atoms with Gasteiger partial charge in [-0.2, -0.15) is 18.4 Å². The van der Waals surface area contributed by atoms with Gasteiger partial charge in [0.1, 0.15) is 5.71 Å². The number of aliphatic imine (C=N–C) groups is 1. The van der Waals surface area contributed by atoms with Crippen molar-refractivity contribution in [2.75, 3.05) is 0 Å². The van der Waals surface area contributed by atoms with Crippen molar-refractivity contribution in [3.8, 4) is 6.07 Å². The van der Waals surface area contributed by atoms with E-state index in [1.165, 1.54) is 6.07 Å². The Labute approximate surface area is 112 Å². The van der Waals surface area contributed by atoms with Gasteiger partial charge >= 0.3 is 6.18 Å². The summed E-state index contributed by atoms with van der Waals surface area (Å²) in [4.78, 5) is 3.65. The first-order valence-corrected chi connectivity index (χ1v) is 6.05. The number of hydrogen-bond acceptors (Lipinski definition) is 2. The Balaban J connectivity index is 5.65. The first kappa shape index (κ1) is 17.4. The number of halogens is 3. The Bertz CT molecular complexity index is 435. The Morgan fingerprint density at radius 2 is 1.89 bits per heavy atom. The van der Waals surface area contributed by atoms with E-state index in [1.54, 1.807) is 13.8 Å². The lowest BCUT2D eigenvalue weighted by Gasteiger charge is -2.14. The van der Waals surface area contributed by atoms with Crippen LogP contribution in [0.5, 0.6) is 0 Å². The lowest BCUT2D eigenvalue weighted by molar-refractivity contribution is -0.0599. The van der Waals surface area contributed by atoms with Gasteiger partial charge in [0, 0.05) is 5.70 Å². The average molecular weight is 272 g/mol. The molecule has 0 heterocycles. The molecule has 0 saturated carbocycles. The lowest BCUT2D eigenvalue weighted by Crippen LogP contribution is -2.22. The zero-order valence-corrected chi connectivity index (χ0v) is 11.7. The van der Waals surface area contributed by atoms with Gasteiger partial charge in [0.25, 0.3) is 0 Å². The number of rotatable bonds is 5. The van der Waals surface area contributed by atoms with Crippen molar-refractivity contribution < 1.29 is 13.2 Å². The first-order chi connectivity index (χ1) is 8.65. The molecule has 19 heavy (non-hydrogen) atoms. The molecule has 0 aromatic carbocycles. The normalized spacial score (nSPS) is 14.2. The number of alkyl halides is 3. The van der Waals surface area contributed by atoms with Gasteiger partial charge < -0.3 is 0 Å². The van der Waals surface area contributed by atoms with Crippen LogP contribution in [0.15, 0.2) is 28.4 Å². The number of hydrogen-bond donors (Lipinski definition) is 0. The largest absolute Gasteiger partial charge is 0.430 e. The van der Waals surface area contributed by atoms with Gasteiger partial charge in [-0.3, -0.25) is 4.99 Å². The molecule has 0 amide bonds. The SMILES string of the molecule is C=C(/C(C)=C(/CC)N=C(CC#N)C(F)(F)F)C(C)C. The van der Waals surface area contributed by atoms with Crippen molar-refractivity contribution in [2.45, 2.75) is 46.7 Å². The fourth-order valence-electron chi connectivity index (χ4n) is 1.49. The van der Waals surface area contributed by atoms with Crippen LogP contribution in [0.1, 0.15) is 40.5 Å². The zero-order chi connectivity index (χ0) is 15.2. The second kappa shape index (κ2) is 7.13. The van der Waals surface area contributed by atoms with Crippen LogP contribution in [0.3, 0.4) is 0 Å². The summed E-state index contributed by atoms with van der Waals surface area (Å²) < 4.78 is 38.1. The van der Waals surface area contributed by atoms with E-state index in [4.69, 9.17) is 5.26 Å². The highest BCUT2D eigenvalue weighted by Gasteiger charge is 2.35. The van der Waals surface area contributed by atoms with E-state index >= 15 is 0 Å². The minimum atomic E-state index is -4.57. The molecule has 0 N–H and O–H groups in total. The second-order valence-electron chi connectivity index (χ2n) is 4.50. The molecular weight excluding hydrogens is 253 g/mol. The number of allylic oxidation sites excluding steroid dienone is 3. The van der Waals surface area contributed by atoms with Crippen LogP contribution in [0, 0.1) is 17.2 Å². The Kier molecular flexibility index (Phi) is 6.54. The summed E-state index contributed by atoms with van der Waals surface area (Å²) in [5.74, 6) is 0.141. The molecule has 0 radical (unpaired) electrons. The standard InChI is InChI=1S/C14H19F3N2/c1-6-12(11(5)10(4)9(2)3)19-13(7-8-18)14(15,16)17/h9H,4,6-7H2,1-3,5H3/b12-11-,19-13?. The van der Waals surface area contributed by atoms with Crippen LogP contribution in [0.2, 0.25) is 0 Å². The molecule has 5 heteroatoms. The van der Waals surface area contributed by atoms with Crippen molar-refractivity contribution in [1.29, 1.82) is 5.26 Å². The maximum atomic E-state index is 12.7. The fourth-order valence-corrected chi connectivity index (χ4v) is 1.49. The average Bonchev–Trinajstić information content (AvgIpc) is 2.31. The van der Waals surface area contributed by atoms with E-state index in [-0.39, 0.29) is 5.92 Å². The minimum absolute atomic E-state index is 0.141. The summed E-state index contributed by atoms with van der Waals surface area (Å²) >= 11 is 0. The van der Waals surface area contributed by atoms with E-state index in [9.17, 15) is 13.2 Å². The van der Waals surface area contributed by atoms with Crippen molar-refractivity contribution in [3.05, 3.63) is 23.4 Å². The first-order valence-electron chi connectivity index (χ1n) is 6.05. The van der Waals surface area contributed by atoms with E-state index in [0.29, 0.717) is 17.7 Å². The molecule has 0 spiro atoms. The Morgan fingerprint density at radius 1 is 1.37 bits per heavy atom. The molecule has 0 bridgehead atoms. The van der Waals surface area contributed by atoms with Gasteiger partial charge in [-0.1, -0.05) is 27.4 Å². The fraction of sp³-hybridized carbons (Fsp3) is 0.571. The molecule has 0 unspecified atom stereocenters. The molecule has 0 aromatic rings. The van der Waals surface area contributed by atoms with Gasteiger partial charge in [0.2, 0.25) is 0 Å². The van der Waals surface area contributed by atoms with Crippen LogP contribution in [-0.4, -0.2) is 11.9 Å². The predicted molar refractivity (Wildman–Crippen MR) is 70.7 cm³/mol. The van der Waals surface area contributed by atoms with Crippen molar-refractivity contribution in [3.63, 3.8) is 0 Å². The maximum absolute atomic E-state index is 12.7. The molecule has 0 aliphatic carbocycles. The van der Waals surface area contributed by atoms with E-state index < -0.39 is 18.3 Å². The molecule has 2 nitrogen and oxygen atoms in total. The maximum Gasteiger partial charge on any atom is 0.430 e. The van der Waals surface area contributed by atoms with Gasteiger partial charge in [0.05, 0.1) is 12.5 Å². The van der Waals surface area contributed by atoms with Gasteiger partial charge in [-0.25, -0.2) is 0 Å². The van der Waals surface area contributed by atoms with Crippen molar-refractivity contribution in [1.82, 2.24) is 0 Å².